The summed E-state index contributed by atoms with van der Waals surface area (Å²) in [6, 6.07) is 52.1. The Kier molecular flexibility index (Phi) is 15.9. The SMILES string of the molecule is CCN1C(=O)/C(=C/c2ccc(-c3ccc(-c4ccc(N(c5ccc(-c6ccc(-c7ccc(/C=C8\SC(=S)N(CC)C8=O)s7)s6)cc5)c5ccc(-c6ccc(-c7ccc(/C=C8\SC(=S)N(CC)C8=O)s7)s6)cc5)cc4)s3)s2)SC1=S. The lowest BCUT2D eigenvalue weighted by atomic mass is 10.1. The van der Waals surface area contributed by atoms with Gasteiger partial charge in [-0.15, -0.1) is 68.0 Å². The van der Waals surface area contributed by atoms with Gasteiger partial charge in [0.05, 0.1) is 14.7 Å². The zero-order valence-corrected chi connectivity index (χ0v) is 51.9. The number of benzene rings is 3. The van der Waals surface area contributed by atoms with E-state index in [1.165, 1.54) is 64.5 Å². The van der Waals surface area contributed by atoms with E-state index in [1.807, 2.05) is 39.0 Å². The van der Waals surface area contributed by atoms with Crippen LogP contribution >= 0.6 is 140 Å². The number of carbonyl (C=O) groups excluding carboxylic acids is 3. The van der Waals surface area contributed by atoms with Crippen LogP contribution in [0.25, 0.3) is 78.8 Å². The van der Waals surface area contributed by atoms with Crippen molar-refractivity contribution in [1.82, 2.24) is 14.7 Å². The fourth-order valence-corrected chi connectivity index (χ4v) is 19.6. The lowest BCUT2D eigenvalue weighted by Crippen LogP contribution is -2.27. The van der Waals surface area contributed by atoms with E-state index in [0.29, 0.717) is 47.3 Å². The number of hydrogen-bond donors (Lipinski definition) is 0. The number of amides is 3. The van der Waals surface area contributed by atoms with Gasteiger partial charge in [0.2, 0.25) is 0 Å². The Balaban J connectivity index is 0.800. The van der Waals surface area contributed by atoms with Crippen molar-refractivity contribution in [1.29, 1.82) is 0 Å². The standard InChI is InChI=1S/C60H42N4O3S12/c1-4-61-55(65)52(77-58(61)68)31-40-19-22-46(71-40)49-28-25-43(74-49)34-7-13-37(14-8-34)64(38-15-9-35(10-16-38)44-26-29-50(75-44)47-23-20-41(72-47)32-53-56(66)62(5-2)59(69)78-53)39-17-11-36(12-18-39)45-27-30-51(76-45)48-24-21-42(73-48)33-54-57(67)63(6-3)60(70)79-54/h7-33H,4-6H2,1-3H3/b52-31-,53-32-,54-33-. The molecule has 0 radical (unpaired) electrons. The summed E-state index contributed by atoms with van der Waals surface area (Å²) in [5, 5.41) is 0. The van der Waals surface area contributed by atoms with Gasteiger partial charge < -0.3 is 4.90 Å². The molecule has 3 aliphatic rings. The molecule has 0 bridgehead atoms. The molecule has 9 heterocycles. The molecule has 7 nitrogen and oxygen atoms in total. The van der Waals surface area contributed by atoms with E-state index in [-0.39, 0.29) is 17.7 Å². The van der Waals surface area contributed by atoms with Crippen molar-refractivity contribution in [2.75, 3.05) is 24.5 Å². The topological polar surface area (TPSA) is 64.2 Å². The second-order valence-corrected chi connectivity index (χ2v) is 29.5. The van der Waals surface area contributed by atoms with E-state index >= 15 is 0 Å². The molecule has 0 spiro atoms. The van der Waals surface area contributed by atoms with Crippen LogP contribution in [0.15, 0.2) is 160 Å². The zero-order chi connectivity index (χ0) is 54.5. The van der Waals surface area contributed by atoms with Crippen LogP contribution in [-0.2, 0) is 14.4 Å². The summed E-state index contributed by atoms with van der Waals surface area (Å²) in [5.41, 5.74) is 6.49. The largest absolute Gasteiger partial charge is 0.311 e. The second-order valence-electron chi connectivity index (χ2n) is 17.9. The maximum atomic E-state index is 12.9. The quantitative estimate of drug-likeness (QED) is 0.0733. The summed E-state index contributed by atoms with van der Waals surface area (Å²) < 4.78 is 1.83. The average Bonchev–Trinajstić information content (AvgIpc) is 4.35. The number of thioether (sulfide) groups is 3. The van der Waals surface area contributed by atoms with Crippen molar-refractivity contribution in [2.24, 2.45) is 0 Å². The second kappa shape index (κ2) is 23.2. The number of carbonyl (C=O) groups is 3. The van der Waals surface area contributed by atoms with Gasteiger partial charge in [-0.25, -0.2) is 0 Å². The summed E-state index contributed by atoms with van der Waals surface area (Å²) >= 11 is 30.7. The first kappa shape index (κ1) is 54.2. The highest BCUT2D eigenvalue weighted by Crippen LogP contribution is 2.46. The van der Waals surface area contributed by atoms with Gasteiger partial charge in [0.15, 0.2) is 0 Å². The molecule has 19 heteroatoms. The molecular formula is C60H42N4O3S12. The summed E-state index contributed by atoms with van der Waals surface area (Å²) in [5.74, 6) is -0.0716. The van der Waals surface area contributed by atoms with Crippen molar-refractivity contribution in [3.05, 3.63) is 175 Å². The van der Waals surface area contributed by atoms with Crippen LogP contribution in [0.3, 0.4) is 0 Å². The van der Waals surface area contributed by atoms with Crippen LogP contribution in [0.4, 0.5) is 17.1 Å². The highest BCUT2D eigenvalue weighted by Gasteiger charge is 2.33. The van der Waals surface area contributed by atoms with Gasteiger partial charge in [0.1, 0.15) is 13.0 Å². The third kappa shape index (κ3) is 11.1. The lowest BCUT2D eigenvalue weighted by Gasteiger charge is -2.26. The monoisotopic (exact) mass is 1250 g/mol. The van der Waals surface area contributed by atoms with Crippen molar-refractivity contribution < 1.29 is 14.4 Å². The van der Waals surface area contributed by atoms with E-state index in [1.54, 1.807) is 82.7 Å². The fourth-order valence-electron chi connectivity index (χ4n) is 9.04. The van der Waals surface area contributed by atoms with Gasteiger partial charge in [0, 0.05) is 95.2 Å². The Morgan fingerprint density at radius 2 is 0.582 bits per heavy atom. The van der Waals surface area contributed by atoms with Crippen LogP contribution in [0.2, 0.25) is 0 Å². The molecule has 0 N–H and O–H groups in total. The van der Waals surface area contributed by atoms with Crippen LogP contribution in [0, 0.1) is 0 Å². The molecule has 3 aliphatic heterocycles. The van der Waals surface area contributed by atoms with Crippen molar-refractivity contribution in [3.63, 3.8) is 0 Å². The average molecular weight is 1250 g/mol. The number of anilines is 3. The maximum absolute atomic E-state index is 12.9. The van der Waals surface area contributed by atoms with Gasteiger partial charge >= 0.3 is 0 Å². The van der Waals surface area contributed by atoms with Crippen molar-refractivity contribution in [2.45, 2.75) is 20.8 Å². The predicted octanol–water partition coefficient (Wildman–Crippen LogP) is 19.2. The number of thiophene rings is 6. The molecule has 0 unspecified atom stereocenters. The first-order chi connectivity index (χ1) is 38.4. The molecule has 392 valence electrons. The minimum atomic E-state index is -0.0239. The molecule has 3 saturated heterocycles. The molecule has 3 aromatic carbocycles. The minimum absolute atomic E-state index is 0.0239. The fraction of sp³-hybridized carbons (Fsp3) is 0.100. The van der Waals surface area contributed by atoms with E-state index in [9.17, 15) is 14.4 Å². The Morgan fingerprint density at radius 1 is 0.342 bits per heavy atom. The molecule has 79 heavy (non-hydrogen) atoms. The first-order valence-electron chi connectivity index (χ1n) is 24.9. The van der Waals surface area contributed by atoms with Gasteiger partial charge in [0.25, 0.3) is 17.7 Å². The number of nitrogens with zero attached hydrogens (tertiary/aromatic N) is 4. The van der Waals surface area contributed by atoms with Crippen molar-refractivity contribution >= 4 is 206 Å². The smallest absolute Gasteiger partial charge is 0.266 e. The van der Waals surface area contributed by atoms with Crippen molar-refractivity contribution in [3.8, 4) is 60.6 Å². The first-order valence-corrected chi connectivity index (χ1v) is 33.5. The Hall–Kier alpha value is -5.39. The number of thiocarbonyl (C=S) groups is 3. The molecule has 0 atom stereocenters. The van der Waals surface area contributed by atoms with Gasteiger partial charge in [-0.2, -0.15) is 0 Å². The van der Waals surface area contributed by atoms with Crippen LogP contribution in [-0.4, -0.2) is 65.0 Å². The van der Waals surface area contributed by atoms with Gasteiger partial charge in [-0.1, -0.05) is 108 Å². The molecule has 3 fully saturated rings. The van der Waals surface area contributed by atoms with E-state index in [4.69, 9.17) is 36.7 Å². The molecule has 3 amide bonds. The molecule has 0 saturated carbocycles. The van der Waals surface area contributed by atoms with Crippen LogP contribution in [0.1, 0.15) is 35.4 Å². The number of rotatable bonds is 15. The number of hydrogen-bond acceptors (Lipinski definition) is 16. The number of likely N-dealkylation sites (N-methyl/N-ethyl adjacent to an activating group) is 3. The summed E-state index contributed by atoms with van der Waals surface area (Å²) in [7, 11) is 0. The zero-order valence-electron chi connectivity index (χ0n) is 42.1. The molecule has 6 aromatic heterocycles. The Bertz CT molecular complexity index is 3590. The summed E-state index contributed by atoms with van der Waals surface area (Å²) in [6.45, 7) is 7.54. The molecule has 12 rings (SSSR count). The third-order valence-electron chi connectivity index (χ3n) is 13.0. The Labute approximate surface area is 510 Å². The summed E-state index contributed by atoms with van der Waals surface area (Å²) in [4.78, 5) is 61.5. The minimum Gasteiger partial charge on any atom is -0.311 e. The highest BCUT2D eigenvalue weighted by molar-refractivity contribution is 8.27. The predicted molar refractivity (Wildman–Crippen MR) is 358 cm³/mol. The lowest BCUT2D eigenvalue weighted by molar-refractivity contribution is -0.122. The third-order valence-corrected chi connectivity index (χ3v) is 24.3. The molecular weight excluding hydrogens is 1210 g/mol. The molecule has 0 aliphatic carbocycles. The van der Waals surface area contributed by atoms with E-state index in [2.05, 4.69) is 150 Å². The van der Waals surface area contributed by atoms with E-state index in [0.717, 1.165) is 63.0 Å². The maximum Gasteiger partial charge on any atom is 0.266 e. The Morgan fingerprint density at radius 3 is 0.835 bits per heavy atom. The normalized spacial score (nSPS) is 16.4. The van der Waals surface area contributed by atoms with E-state index < -0.39 is 0 Å². The highest BCUT2D eigenvalue weighted by atomic mass is 32.2. The van der Waals surface area contributed by atoms with Gasteiger partial charge in [-0.3, -0.25) is 29.1 Å². The van der Waals surface area contributed by atoms with Gasteiger partial charge in [-0.05, 0) is 165 Å². The van der Waals surface area contributed by atoms with Crippen LogP contribution < -0.4 is 4.90 Å². The molecule has 9 aromatic rings. The van der Waals surface area contributed by atoms with Crippen LogP contribution in [0.5, 0.6) is 0 Å². The summed E-state index contributed by atoms with van der Waals surface area (Å²) in [6.07, 6.45) is 5.87.